The van der Waals surface area contributed by atoms with Crippen molar-refractivity contribution in [1.29, 1.82) is 0 Å². The van der Waals surface area contributed by atoms with E-state index in [9.17, 15) is 0 Å². The van der Waals surface area contributed by atoms with Crippen LogP contribution in [-0.2, 0) is 0 Å². The molecule has 88 valence electrons. The van der Waals surface area contributed by atoms with Gasteiger partial charge in [-0.2, -0.15) is 0 Å². The fourth-order valence-corrected chi connectivity index (χ4v) is 1.73. The molecule has 0 aliphatic carbocycles. The van der Waals surface area contributed by atoms with Gasteiger partial charge in [0.05, 0.1) is 0 Å². The standard InChI is InChI=1S/C18H16/c1-2-3-4-6-9-16-12-14-18(15-13-16)17-10-7-5-8-11-17/h2-15H,1H2/b4-3-,9-6-. The first kappa shape index (κ1) is 12.1. The maximum atomic E-state index is 3.63. The second kappa shape index (κ2) is 6.41. The van der Waals surface area contributed by atoms with Gasteiger partial charge in [-0.15, -0.1) is 0 Å². The van der Waals surface area contributed by atoms with E-state index < -0.39 is 0 Å². The van der Waals surface area contributed by atoms with E-state index in [-0.39, 0.29) is 0 Å². The smallest absolute Gasteiger partial charge is 0.0184 e. The summed E-state index contributed by atoms with van der Waals surface area (Å²) in [6.45, 7) is 3.63. The van der Waals surface area contributed by atoms with Gasteiger partial charge in [0.15, 0.2) is 0 Å². The molecule has 0 aliphatic heterocycles. The lowest BCUT2D eigenvalue weighted by atomic mass is 10.0. The molecule has 0 amide bonds. The van der Waals surface area contributed by atoms with Crippen molar-refractivity contribution in [1.82, 2.24) is 0 Å². The maximum Gasteiger partial charge on any atom is -0.0184 e. The number of hydrogen-bond acceptors (Lipinski definition) is 0. The molecular formula is C18H16. The second-order valence-corrected chi connectivity index (χ2v) is 3.97. The van der Waals surface area contributed by atoms with E-state index in [0.29, 0.717) is 0 Å². The molecule has 2 aromatic rings. The van der Waals surface area contributed by atoms with Gasteiger partial charge in [-0.3, -0.25) is 0 Å². The predicted molar refractivity (Wildman–Crippen MR) is 80.2 cm³/mol. The van der Waals surface area contributed by atoms with E-state index >= 15 is 0 Å². The third-order valence-corrected chi connectivity index (χ3v) is 2.66. The van der Waals surface area contributed by atoms with Gasteiger partial charge in [-0.05, 0) is 16.7 Å². The highest BCUT2D eigenvalue weighted by Gasteiger charge is 1.94. The molecule has 0 radical (unpaired) electrons. The van der Waals surface area contributed by atoms with E-state index in [0.717, 1.165) is 0 Å². The van der Waals surface area contributed by atoms with Crippen LogP contribution in [-0.4, -0.2) is 0 Å². The van der Waals surface area contributed by atoms with Gasteiger partial charge in [-0.1, -0.05) is 91.6 Å². The molecule has 2 rings (SSSR count). The molecule has 0 fully saturated rings. The average molecular weight is 232 g/mol. The van der Waals surface area contributed by atoms with Crippen LogP contribution in [0.5, 0.6) is 0 Å². The van der Waals surface area contributed by atoms with Gasteiger partial charge in [0.1, 0.15) is 0 Å². The summed E-state index contributed by atoms with van der Waals surface area (Å²) in [6, 6.07) is 18.9. The quantitative estimate of drug-likeness (QED) is 0.643. The van der Waals surface area contributed by atoms with Crippen molar-refractivity contribution in [2.24, 2.45) is 0 Å². The molecule has 0 atom stereocenters. The Morgan fingerprint density at radius 1 is 0.667 bits per heavy atom. The van der Waals surface area contributed by atoms with Crippen molar-refractivity contribution in [3.8, 4) is 11.1 Å². The van der Waals surface area contributed by atoms with Gasteiger partial charge >= 0.3 is 0 Å². The summed E-state index contributed by atoms with van der Waals surface area (Å²) in [5.41, 5.74) is 3.69. The lowest BCUT2D eigenvalue weighted by molar-refractivity contribution is 1.60. The van der Waals surface area contributed by atoms with Crippen LogP contribution < -0.4 is 0 Å². The second-order valence-electron chi connectivity index (χ2n) is 3.97. The van der Waals surface area contributed by atoms with E-state index in [4.69, 9.17) is 0 Å². The summed E-state index contributed by atoms with van der Waals surface area (Å²) < 4.78 is 0. The molecule has 0 aliphatic rings. The Hall–Kier alpha value is -2.34. The summed E-state index contributed by atoms with van der Waals surface area (Å²) in [4.78, 5) is 0. The summed E-state index contributed by atoms with van der Waals surface area (Å²) in [6.07, 6.45) is 9.74. The zero-order valence-electron chi connectivity index (χ0n) is 10.3. The fraction of sp³-hybridized carbons (Fsp3) is 0. The molecule has 0 heteroatoms. The molecule has 0 spiro atoms. The van der Waals surface area contributed by atoms with Crippen LogP contribution >= 0.6 is 0 Å². The Morgan fingerprint density at radius 3 is 2.00 bits per heavy atom. The number of benzene rings is 2. The fourth-order valence-electron chi connectivity index (χ4n) is 1.73. The molecule has 0 unspecified atom stereocenters. The molecule has 0 nitrogen and oxygen atoms in total. The Balaban J connectivity index is 2.13. The average Bonchev–Trinajstić information content (AvgIpc) is 2.45. The van der Waals surface area contributed by atoms with Crippen LogP contribution in [0.25, 0.3) is 17.2 Å². The Bertz CT molecular complexity index is 542. The van der Waals surface area contributed by atoms with E-state index in [1.807, 2.05) is 24.3 Å². The Morgan fingerprint density at radius 2 is 1.33 bits per heavy atom. The number of rotatable bonds is 4. The zero-order chi connectivity index (χ0) is 12.6. The topological polar surface area (TPSA) is 0 Å². The van der Waals surface area contributed by atoms with E-state index in [1.54, 1.807) is 6.08 Å². The first-order chi connectivity index (χ1) is 8.90. The monoisotopic (exact) mass is 232 g/mol. The zero-order valence-corrected chi connectivity index (χ0v) is 10.3. The minimum Gasteiger partial charge on any atom is -0.0991 e. The van der Waals surface area contributed by atoms with Crippen molar-refractivity contribution in [2.75, 3.05) is 0 Å². The lowest BCUT2D eigenvalue weighted by Crippen LogP contribution is -1.77. The van der Waals surface area contributed by atoms with Gasteiger partial charge in [0.25, 0.3) is 0 Å². The first-order valence-electron chi connectivity index (χ1n) is 6.01. The normalized spacial score (nSPS) is 11.1. The van der Waals surface area contributed by atoms with E-state index in [2.05, 4.69) is 61.2 Å². The van der Waals surface area contributed by atoms with Crippen LogP contribution in [0.4, 0.5) is 0 Å². The molecule has 2 aromatic carbocycles. The summed E-state index contributed by atoms with van der Waals surface area (Å²) in [5, 5.41) is 0. The van der Waals surface area contributed by atoms with Crippen LogP contribution in [0.2, 0.25) is 0 Å². The first-order valence-corrected chi connectivity index (χ1v) is 6.01. The van der Waals surface area contributed by atoms with Gasteiger partial charge < -0.3 is 0 Å². The van der Waals surface area contributed by atoms with Gasteiger partial charge in [0.2, 0.25) is 0 Å². The maximum absolute atomic E-state index is 3.63. The molecule has 18 heavy (non-hydrogen) atoms. The van der Waals surface area contributed by atoms with Gasteiger partial charge in [0, 0.05) is 0 Å². The molecule has 0 N–H and O–H groups in total. The third kappa shape index (κ3) is 3.33. The van der Waals surface area contributed by atoms with Crippen molar-refractivity contribution in [3.05, 3.63) is 91.0 Å². The number of allylic oxidation sites excluding steroid dienone is 4. The van der Waals surface area contributed by atoms with Crippen molar-refractivity contribution >= 4 is 6.08 Å². The molecule has 0 saturated heterocycles. The third-order valence-electron chi connectivity index (χ3n) is 2.66. The highest BCUT2D eigenvalue weighted by Crippen LogP contribution is 2.19. The Labute approximate surface area is 109 Å². The molecule has 0 saturated carbocycles. The Kier molecular flexibility index (Phi) is 4.32. The predicted octanol–water partition coefficient (Wildman–Crippen LogP) is 5.11. The van der Waals surface area contributed by atoms with Crippen LogP contribution in [0, 0.1) is 0 Å². The number of hydrogen-bond donors (Lipinski definition) is 0. The molecular weight excluding hydrogens is 216 g/mol. The van der Waals surface area contributed by atoms with Crippen LogP contribution in [0.1, 0.15) is 5.56 Å². The molecule has 0 aromatic heterocycles. The van der Waals surface area contributed by atoms with Crippen LogP contribution in [0.3, 0.4) is 0 Å². The summed E-state index contributed by atoms with van der Waals surface area (Å²) in [5.74, 6) is 0. The SMILES string of the molecule is C=C/C=C\C=C/c1ccc(-c2ccccc2)cc1. The van der Waals surface area contributed by atoms with Gasteiger partial charge in [-0.25, -0.2) is 0 Å². The van der Waals surface area contributed by atoms with Crippen molar-refractivity contribution < 1.29 is 0 Å². The largest absolute Gasteiger partial charge is 0.0991 e. The molecule has 0 heterocycles. The lowest BCUT2D eigenvalue weighted by Gasteiger charge is -2.01. The summed E-state index contributed by atoms with van der Waals surface area (Å²) in [7, 11) is 0. The van der Waals surface area contributed by atoms with Crippen molar-refractivity contribution in [2.45, 2.75) is 0 Å². The molecule has 0 bridgehead atoms. The highest BCUT2D eigenvalue weighted by atomic mass is 14.0. The van der Waals surface area contributed by atoms with Crippen LogP contribution in [0.15, 0.2) is 85.5 Å². The summed E-state index contributed by atoms with van der Waals surface area (Å²) >= 11 is 0. The minimum absolute atomic E-state index is 1.20. The van der Waals surface area contributed by atoms with Crippen molar-refractivity contribution in [3.63, 3.8) is 0 Å². The minimum atomic E-state index is 1.20. The van der Waals surface area contributed by atoms with E-state index in [1.165, 1.54) is 16.7 Å². The highest BCUT2D eigenvalue weighted by molar-refractivity contribution is 5.65.